The van der Waals surface area contributed by atoms with E-state index in [1.54, 1.807) is 0 Å². The summed E-state index contributed by atoms with van der Waals surface area (Å²) in [5.41, 5.74) is 2.33. The van der Waals surface area contributed by atoms with Gasteiger partial charge >= 0.3 is 0 Å². The summed E-state index contributed by atoms with van der Waals surface area (Å²) in [6, 6.07) is 8.20. The van der Waals surface area contributed by atoms with Gasteiger partial charge in [0.25, 0.3) is 0 Å². The highest BCUT2D eigenvalue weighted by Crippen LogP contribution is 2.07. The number of epoxide rings is 1. The molecule has 0 N–H and O–H groups in total. The number of hydrogen-bond donors (Lipinski definition) is 0. The summed E-state index contributed by atoms with van der Waals surface area (Å²) in [5.74, 6) is 6.08. The monoisotopic (exact) mass is 158 g/mol. The van der Waals surface area contributed by atoms with Crippen molar-refractivity contribution in [3.05, 3.63) is 35.4 Å². The molecule has 0 amide bonds. The molecule has 0 aliphatic carbocycles. The third kappa shape index (κ3) is 1.87. The molecule has 12 heavy (non-hydrogen) atoms. The molecule has 0 spiro atoms. The third-order valence-electron chi connectivity index (χ3n) is 1.76. The standard InChI is InChI=1S/C11H10O/c1-9-2-4-10(5-3-9)6-7-11-8-12-11/h2-5,11H,8H2,1H3. The molecular weight excluding hydrogens is 148 g/mol. The second-order valence-corrected chi connectivity index (χ2v) is 2.96. The average molecular weight is 158 g/mol. The fourth-order valence-electron chi connectivity index (χ4n) is 0.932. The predicted molar refractivity (Wildman–Crippen MR) is 47.8 cm³/mol. The highest BCUT2D eigenvalue weighted by atomic mass is 16.6. The first-order valence-electron chi connectivity index (χ1n) is 4.04. The summed E-state index contributed by atoms with van der Waals surface area (Å²) in [6.07, 6.45) is 0.200. The zero-order chi connectivity index (χ0) is 8.39. The van der Waals surface area contributed by atoms with Gasteiger partial charge in [-0.05, 0) is 19.1 Å². The lowest BCUT2D eigenvalue weighted by atomic mass is 10.1. The van der Waals surface area contributed by atoms with E-state index in [9.17, 15) is 0 Å². The second-order valence-electron chi connectivity index (χ2n) is 2.96. The Hall–Kier alpha value is -1.26. The number of hydrogen-bond acceptors (Lipinski definition) is 1. The predicted octanol–water partition coefficient (Wildman–Crippen LogP) is 1.75. The molecule has 1 atom stereocenters. The molecule has 1 unspecified atom stereocenters. The molecule has 1 aromatic carbocycles. The normalized spacial score (nSPS) is 19.6. The molecule has 0 aromatic heterocycles. The molecule has 1 heterocycles. The van der Waals surface area contributed by atoms with Crippen LogP contribution in [0.25, 0.3) is 0 Å². The zero-order valence-corrected chi connectivity index (χ0v) is 7.00. The number of rotatable bonds is 0. The van der Waals surface area contributed by atoms with E-state index in [0.717, 1.165) is 12.2 Å². The van der Waals surface area contributed by atoms with Crippen LogP contribution in [-0.4, -0.2) is 12.7 Å². The molecule has 1 aliphatic rings. The highest BCUT2D eigenvalue weighted by Gasteiger charge is 2.18. The third-order valence-corrected chi connectivity index (χ3v) is 1.76. The van der Waals surface area contributed by atoms with E-state index >= 15 is 0 Å². The fourth-order valence-corrected chi connectivity index (χ4v) is 0.932. The van der Waals surface area contributed by atoms with Crippen molar-refractivity contribution in [2.24, 2.45) is 0 Å². The van der Waals surface area contributed by atoms with E-state index in [2.05, 4.69) is 30.9 Å². The zero-order valence-electron chi connectivity index (χ0n) is 7.00. The summed E-state index contributed by atoms with van der Waals surface area (Å²) in [6.45, 7) is 2.88. The van der Waals surface area contributed by atoms with Crippen LogP contribution in [0.4, 0.5) is 0 Å². The summed E-state index contributed by atoms with van der Waals surface area (Å²) in [7, 11) is 0. The van der Waals surface area contributed by atoms with Crippen molar-refractivity contribution < 1.29 is 4.74 Å². The molecule has 2 rings (SSSR count). The molecule has 0 saturated carbocycles. The molecule has 60 valence electrons. The maximum atomic E-state index is 4.98. The number of benzene rings is 1. The molecule has 1 aliphatic heterocycles. The van der Waals surface area contributed by atoms with Gasteiger partial charge in [-0.3, -0.25) is 0 Å². The van der Waals surface area contributed by atoms with E-state index < -0.39 is 0 Å². The van der Waals surface area contributed by atoms with Crippen LogP contribution in [0.2, 0.25) is 0 Å². The molecular formula is C11H10O. The second kappa shape index (κ2) is 3.00. The van der Waals surface area contributed by atoms with Crippen molar-refractivity contribution in [2.75, 3.05) is 6.61 Å². The van der Waals surface area contributed by atoms with E-state index in [4.69, 9.17) is 4.74 Å². The lowest BCUT2D eigenvalue weighted by Crippen LogP contribution is -1.78. The quantitative estimate of drug-likeness (QED) is 0.414. The Morgan fingerprint density at radius 1 is 1.33 bits per heavy atom. The molecule has 0 bridgehead atoms. The fraction of sp³-hybridized carbons (Fsp3) is 0.273. The number of aryl methyl sites for hydroxylation is 1. The van der Waals surface area contributed by atoms with Crippen molar-refractivity contribution in [3.63, 3.8) is 0 Å². The molecule has 1 nitrogen and oxygen atoms in total. The van der Waals surface area contributed by atoms with Crippen LogP contribution in [-0.2, 0) is 4.74 Å². The molecule has 0 radical (unpaired) electrons. The van der Waals surface area contributed by atoms with Gasteiger partial charge in [0.05, 0.1) is 6.61 Å². The van der Waals surface area contributed by atoms with E-state index in [1.807, 2.05) is 12.1 Å². The van der Waals surface area contributed by atoms with Crippen molar-refractivity contribution in [2.45, 2.75) is 13.0 Å². The average Bonchev–Trinajstić information content (AvgIpc) is 2.87. The minimum Gasteiger partial charge on any atom is -0.359 e. The van der Waals surface area contributed by atoms with Crippen molar-refractivity contribution >= 4 is 0 Å². The van der Waals surface area contributed by atoms with Gasteiger partial charge in [-0.25, -0.2) is 0 Å². The van der Waals surface area contributed by atoms with Gasteiger partial charge < -0.3 is 4.74 Å². The van der Waals surface area contributed by atoms with Crippen LogP contribution in [0.3, 0.4) is 0 Å². The molecule has 1 saturated heterocycles. The lowest BCUT2D eigenvalue weighted by molar-refractivity contribution is 0.445. The van der Waals surface area contributed by atoms with Crippen LogP contribution in [0.5, 0.6) is 0 Å². The van der Waals surface area contributed by atoms with Crippen LogP contribution in [0.15, 0.2) is 24.3 Å². The minimum absolute atomic E-state index is 0.200. The minimum atomic E-state index is 0.200. The summed E-state index contributed by atoms with van der Waals surface area (Å²) >= 11 is 0. The van der Waals surface area contributed by atoms with Crippen LogP contribution in [0, 0.1) is 18.8 Å². The first kappa shape index (κ1) is 7.39. The van der Waals surface area contributed by atoms with E-state index in [1.165, 1.54) is 5.56 Å². The molecule has 1 fully saturated rings. The van der Waals surface area contributed by atoms with Crippen molar-refractivity contribution in [3.8, 4) is 11.8 Å². The smallest absolute Gasteiger partial charge is 0.142 e. The van der Waals surface area contributed by atoms with Gasteiger partial charge in [0.1, 0.15) is 6.10 Å². The van der Waals surface area contributed by atoms with Crippen LogP contribution < -0.4 is 0 Å². The van der Waals surface area contributed by atoms with Gasteiger partial charge in [-0.1, -0.05) is 29.5 Å². The Kier molecular flexibility index (Phi) is 1.85. The maximum Gasteiger partial charge on any atom is 0.142 e. The Morgan fingerprint density at radius 2 is 2.00 bits per heavy atom. The van der Waals surface area contributed by atoms with Gasteiger partial charge in [-0.2, -0.15) is 0 Å². The topological polar surface area (TPSA) is 12.5 Å². The van der Waals surface area contributed by atoms with Crippen molar-refractivity contribution in [1.29, 1.82) is 0 Å². The van der Waals surface area contributed by atoms with Gasteiger partial charge in [0.15, 0.2) is 0 Å². The van der Waals surface area contributed by atoms with E-state index in [-0.39, 0.29) is 6.10 Å². The van der Waals surface area contributed by atoms with Gasteiger partial charge in [-0.15, -0.1) is 0 Å². The lowest BCUT2D eigenvalue weighted by Gasteiger charge is -1.90. The summed E-state index contributed by atoms with van der Waals surface area (Å²) in [5, 5.41) is 0. The summed E-state index contributed by atoms with van der Waals surface area (Å²) < 4.78 is 4.98. The van der Waals surface area contributed by atoms with E-state index in [0.29, 0.717) is 0 Å². The molecule has 1 heteroatoms. The SMILES string of the molecule is Cc1ccc(C#CC2CO2)cc1. The Morgan fingerprint density at radius 3 is 2.58 bits per heavy atom. The number of ether oxygens (including phenoxy) is 1. The Labute approximate surface area is 72.4 Å². The Balaban J connectivity index is 2.13. The van der Waals surface area contributed by atoms with Gasteiger partial charge in [0, 0.05) is 5.56 Å². The molecule has 1 aromatic rings. The van der Waals surface area contributed by atoms with Crippen LogP contribution >= 0.6 is 0 Å². The van der Waals surface area contributed by atoms with Crippen molar-refractivity contribution in [1.82, 2.24) is 0 Å². The summed E-state index contributed by atoms with van der Waals surface area (Å²) in [4.78, 5) is 0. The van der Waals surface area contributed by atoms with Crippen LogP contribution in [0.1, 0.15) is 11.1 Å². The first-order valence-corrected chi connectivity index (χ1v) is 4.04. The first-order chi connectivity index (χ1) is 5.84. The maximum absolute atomic E-state index is 4.98. The van der Waals surface area contributed by atoms with Gasteiger partial charge in [0.2, 0.25) is 0 Å². The Bertz CT molecular complexity index is 322. The largest absolute Gasteiger partial charge is 0.359 e. The highest BCUT2D eigenvalue weighted by molar-refractivity contribution is 5.37.